The Morgan fingerprint density at radius 2 is 1.95 bits per heavy atom. The lowest BCUT2D eigenvalue weighted by atomic mass is 10.1. The molecule has 0 aliphatic heterocycles. The Labute approximate surface area is 132 Å². The quantitative estimate of drug-likeness (QED) is 0.812. The summed E-state index contributed by atoms with van der Waals surface area (Å²) in [5, 5.41) is 10.6. The molecule has 0 fully saturated rings. The van der Waals surface area contributed by atoms with Gasteiger partial charge in [-0.15, -0.1) is 0 Å². The van der Waals surface area contributed by atoms with Crippen LogP contribution >= 0.6 is 0 Å². The summed E-state index contributed by atoms with van der Waals surface area (Å²) >= 11 is 0. The first-order chi connectivity index (χ1) is 10.1. The number of nitrogens with one attached hydrogen (secondary N) is 1. The molecule has 1 aromatic carbocycles. The van der Waals surface area contributed by atoms with Crippen molar-refractivity contribution in [2.24, 2.45) is 0 Å². The SMILES string of the molecule is CC(C)(C)[Si](C)(C)OC(Cc1c[nH]c2ccccc12)C(=O)O. The number of aliphatic carboxylic acids is 1. The highest BCUT2D eigenvalue weighted by Gasteiger charge is 2.40. The Kier molecular flexibility index (Phi) is 4.49. The minimum absolute atomic E-state index is 0.0130. The van der Waals surface area contributed by atoms with Gasteiger partial charge in [0.2, 0.25) is 0 Å². The van der Waals surface area contributed by atoms with Gasteiger partial charge in [0.05, 0.1) is 0 Å². The van der Waals surface area contributed by atoms with Crippen LogP contribution in [-0.4, -0.2) is 30.5 Å². The van der Waals surface area contributed by atoms with E-state index >= 15 is 0 Å². The first-order valence-corrected chi connectivity index (χ1v) is 10.5. The number of carbonyl (C=O) groups is 1. The normalized spacial score (nSPS) is 14.2. The van der Waals surface area contributed by atoms with Gasteiger partial charge in [-0.1, -0.05) is 39.0 Å². The van der Waals surface area contributed by atoms with Gasteiger partial charge in [-0.25, -0.2) is 4.79 Å². The van der Waals surface area contributed by atoms with Crippen molar-refractivity contribution < 1.29 is 14.3 Å². The molecule has 0 aliphatic rings. The molecule has 1 atom stereocenters. The number of hydrogen-bond donors (Lipinski definition) is 2. The maximum absolute atomic E-state index is 11.7. The standard InChI is InChI=1S/C17H25NO3Si/c1-17(2,3)22(4,5)21-15(16(19)20)10-12-11-18-14-9-7-6-8-13(12)14/h6-9,11,15,18H,10H2,1-5H3,(H,19,20). The second kappa shape index (κ2) is 5.89. The number of hydrogen-bond acceptors (Lipinski definition) is 2. The number of H-pyrrole nitrogens is 1. The number of fused-ring (bicyclic) bond motifs is 1. The molecular weight excluding hydrogens is 294 g/mol. The summed E-state index contributed by atoms with van der Waals surface area (Å²) in [6.07, 6.45) is 1.46. The molecule has 0 radical (unpaired) electrons. The molecule has 0 amide bonds. The molecule has 0 aliphatic carbocycles. The minimum atomic E-state index is -2.12. The molecule has 0 bridgehead atoms. The Balaban J connectivity index is 2.25. The topological polar surface area (TPSA) is 62.3 Å². The largest absolute Gasteiger partial charge is 0.479 e. The van der Waals surface area contributed by atoms with Crippen LogP contribution in [0.5, 0.6) is 0 Å². The van der Waals surface area contributed by atoms with E-state index in [0.29, 0.717) is 6.42 Å². The van der Waals surface area contributed by atoms with Crippen LogP contribution in [-0.2, 0) is 15.6 Å². The fourth-order valence-electron chi connectivity index (χ4n) is 2.21. The molecular formula is C17H25NO3Si. The molecule has 1 heterocycles. The molecule has 2 rings (SSSR count). The van der Waals surface area contributed by atoms with E-state index < -0.39 is 20.4 Å². The third-order valence-corrected chi connectivity index (χ3v) is 9.08. The van der Waals surface area contributed by atoms with Gasteiger partial charge in [0.15, 0.2) is 8.32 Å². The smallest absolute Gasteiger partial charge is 0.331 e. The predicted octanol–water partition coefficient (Wildman–Crippen LogP) is 4.19. The zero-order valence-corrected chi connectivity index (χ0v) is 14.9. The lowest BCUT2D eigenvalue weighted by Crippen LogP contribution is -2.46. The van der Waals surface area contributed by atoms with Crippen LogP contribution < -0.4 is 0 Å². The lowest BCUT2D eigenvalue weighted by Gasteiger charge is -2.38. The first-order valence-electron chi connectivity index (χ1n) is 7.57. The van der Waals surface area contributed by atoms with Crippen LogP contribution in [0.25, 0.3) is 10.9 Å². The maximum atomic E-state index is 11.7. The highest BCUT2D eigenvalue weighted by atomic mass is 28.4. The van der Waals surface area contributed by atoms with Crippen LogP contribution in [0.2, 0.25) is 18.1 Å². The lowest BCUT2D eigenvalue weighted by molar-refractivity contribution is -0.145. The maximum Gasteiger partial charge on any atom is 0.331 e. The third kappa shape index (κ3) is 3.42. The van der Waals surface area contributed by atoms with E-state index in [4.69, 9.17) is 4.43 Å². The Bertz CT molecular complexity index is 670. The van der Waals surface area contributed by atoms with E-state index in [-0.39, 0.29) is 5.04 Å². The van der Waals surface area contributed by atoms with Gasteiger partial charge in [-0.3, -0.25) is 0 Å². The minimum Gasteiger partial charge on any atom is -0.479 e. The van der Waals surface area contributed by atoms with Gasteiger partial charge in [0.25, 0.3) is 0 Å². The second-order valence-electron chi connectivity index (χ2n) is 7.27. The van der Waals surface area contributed by atoms with E-state index in [2.05, 4.69) is 38.8 Å². The molecule has 22 heavy (non-hydrogen) atoms. The Hall–Kier alpha value is -1.59. The number of aromatic amines is 1. The molecule has 120 valence electrons. The predicted molar refractivity (Wildman–Crippen MR) is 91.7 cm³/mol. The molecule has 0 spiro atoms. The number of rotatable bonds is 5. The average Bonchev–Trinajstić information content (AvgIpc) is 2.80. The third-order valence-electron chi connectivity index (χ3n) is 4.60. The van der Waals surface area contributed by atoms with Gasteiger partial charge in [0.1, 0.15) is 6.10 Å². The molecule has 2 N–H and O–H groups in total. The highest BCUT2D eigenvalue weighted by molar-refractivity contribution is 6.74. The number of carboxylic acid groups (broad SMARTS) is 1. The monoisotopic (exact) mass is 319 g/mol. The van der Waals surface area contributed by atoms with Crippen molar-refractivity contribution in [1.29, 1.82) is 0 Å². The molecule has 2 aromatic rings. The van der Waals surface area contributed by atoms with Crippen molar-refractivity contribution in [3.63, 3.8) is 0 Å². The average molecular weight is 319 g/mol. The molecule has 1 unspecified atom stereocenters. The highest BCUT2D eigenvalue weighted by Crippen LogP contribution is 2.37. The summed E-state index contributed by atoms with van der Waals surface area (Å²) in [4.78, 5) is 14.8. The zero-order valence-electron chi connectivity index (χ0n) is 13.9. The van der Waals surface area contributed by atoms with Crippen LogP contribution in [0.4, 0.5) is 0 Å². The van der Waals surface area contributed by atoms with Crippen LogP contribution in [0.3, 0.4) is 0 Å². The van der Waals surface area contributed by atoms with Crippen LogP contribution in [0.15, 0.2) is 30.5 Å². The van der Waals surface area contributed by atoms with Crippen LogP contribution in [0, 0.1) is 0 Å². The van der Waals surface area contributed by atoms with Crippen LogP contribution in [0.1, 0.15) is 26.3 Å². The number of para-hydroxylation sites is 1. The van der Waals surface area contributed by atoms with Gasteiger partial charge in [-0.2, -0.15) is 0 Å². The van der Waals surface area contributed by atoms with Crippen molar-refractivity contribution in [3.05, 3.63) is 36.0 Å². The summed E-state index contributed by atoms with van der Waals surface area (Å²) in [5.41, 5.74) is 2.01. The molecule has 5 heteroatoms. The summed E-state index contributed by atoms with van der Waals surface area (Å²) in [6, 6.07) is 7.92. The number of aromatic nitrogens is 1. The fraction of sp³-hybridized carbons (Fsp3) is 0.471. The second-order valence-corrected chi connectivity index (χ2v) is 12.0. The fourth-order valence-corrected chi connectivity index (χ4v) is 3.46. The summed E-state index contributed by atoms with van der Waals surface area (Å²) < 4.78 is 6.11. The first kappa shape index (κ1) is 16.8. The molecule has 1 aromatic heterocycles. The Morgan fingerprint density at radius 1 is 1.32 bits per heavy atom. The molecule has 4 nitrogen and oxygen atoms in total. The van der Waals surface area contributed by atoms with Crippen molar-refractivity contribution in [3.8, 4) is 0 Å². The van der Waals surface area contributed by atoms with Crippen molar-refractivity contribution >= 4 is 25.2 Å². The van der Waals surface area contributed by atoms with Gasteiger partial charge in [-0.05, 0) is 29.8 Å². The van der Waals surface area contributed by atoms with Crippen molar-refractivity contribution in [2.45, 2.75) is 51.4 Å². The summed E-state index contributed by atoms with van der Waals surface area (Å²) in [7, 11) is -2.12. The van der Waals surface area contributed by atoms with E-state index in [0.717, 1.165) is 16.5 Å². The van der Waals surface area contributed by atoms with E-state index in [9.17, 15) is 9.90 Å². The number of carboxylic acids is 1. The Morgan fingerprint density at radius 3 is 2.55 bits per heavy atom. The van der Waals surface area contributed by atoms with Gasteiger partial charge in [0, 0.05) is 23.5 Å². The summed E-state index contributed by atoms with van der Waals surface area (Å²) in [5.74, 6) is -0.893. The zero-order chi connectivity index (χ0) is 16.5. The van der Waals surface area contributed by atoms with Crippen molar-refractivity contribution in [2.75, 3.05) is 0 Å². The van der Waals surface area contributed by atoms with E-state index in [1.165, 1.54) is 0 Å². The van der Waals surface area contributed by atoms with E-state index in [1.54, 1.807) is 0 Å². The molecule has 0 saturated carbocycles. The summed E-state index contributed by atoms with van der Waals surface area (Å²) in [6.45, 7) is 10.5. The van der Waals surface area contributed by atoms with Gasteiger partial charge >= 0.3 is 5.97 Å². The van der Waals surface area contributed by atoms with Gasteiger partial charge < -0.3 is 14.5 Å². The van der Waals surface area contributed by atoms with E-state index in [1.807, 2.05) is 30.5 Å². The van der Waals surface area contributed by atoms with Crippen molar-refractivity contribution in [1.82, 2.24) is 4.98 Å². The molecule has 0 saturated heterocycles. The number of benzene rings is 1.